The molecule has 0 rings (SSSR count). The van der Waals surface area contributed by atoms with Crippen LogP contribution in [0.25, 0.3) is 0 Å². The molecular weight excluding hydrogens is 156 g/mol. The van der Waals surface area contributed by atoms with Crippen LogP contribution in [-0.2, 0) is 14.2 Å². The van der Waals surface area contributed by atoms with Gasteiger partial charge in [-0.05, 0) is 20.3 Å². The number of hydrogen-bond acceptors (Lipinski definition) is 3. The van der Waals surface area contributed by atoms with Crippen molar-refractivity contribution in [3.8, 4) is 0 Å². The summed E-state index contributed by atoms with van der Waals surface area (Å²) in [4.78, 5) is 0. The van der Waals surface area contributed by atoms with E-state index in [0.717, 1.165) is 6.42 Å². The maximum absolute atomic E-state index is 5.25. The highest BCUT2D eigenvalue weighted by molar-refractivity contribution is 4.64. The third kappa shape index (κ3) is 6.34. The molecule has 0 aromatic heterocycles. The maximum atomic E-state index is 5.25. The smallest absolute Gasteiger partial charge is 0.271 e. The van der Waals surface area contributed by atoms with Gasteiger partial charge in [-0.1, -0.05) is 6.08 Å². The summed E-state index contributed by atoms with van der Waals surface area (Å²) in [5, 5.41) is 0. The molecule has 72 valence electrons. The van der Waals surface area contributed by atoms with Crippen molar-refractivity contribution in [3.63, 3.8) is 0 Å². The molecule has 0 aliphatic heterocycles. The summed E-state index contributed by atoms with van der Waals surface area (Å²) >= 11 is 0. The highest BCUT2D eigenvalue weighted by Crippen LogP contribution is 1.98. The fraction of sp³-hybridized carbons (Fsp3) is 0.778. The van der Waals surface area contributed by atoms with E-state index in [-0.39, 0.29) is 0 Å². The molecule has 0 amide bonds. The van der Waals surface area contributed by atoms with E-state index in [1.165, 1.54) is 0 Å². The van der Waals surface area contributed by atoms with Gasteiger partial charge in [-0.3, -0.25) is 0 Å². The third-order valence-electron chi connectivity index (χ3n) is 1.18. The van der Waals surface area contributed by atoms with Crippen LogP contribution in [0, 0.1) is 0 Å². The van der Waals surface area contributed by atoms with E-state index >= 15 is 0 Å². The fourth-order valence-electron chi connectivity index (χ4n) is 0.664. The van der Waals surface area contributed by atoms with Gasteiger partial charge in [0, 0.05) is 13.2 Å². The third-order valence-corrected chi connectivity index (χ3v) is 1.18. The van der Waals surface area contributed by atoms with E-state index < -0.39 is 6.48 Å². The number of rotatable bonds is 8. The van der Waals surface area contributed by atoms with Crippen molar-refractivity contribution in [1.29, 1.82) is 0 Å². The van der Waals surface area contributed by atoms with Crippen LogP contribution in [0.15, 0.2) is 12.7 Å². The molecule has 0 bridgehead atoms. The summed E-state index contributed by atoms with van der Waals surface area (Å²) in [5.41, 5.74) is 0. The first-order valence-electron chi connectivity index (χ1n) is 4.30. The molecule has 0 spiro atoms. The summed E-state index contributed by atoms with van der Waals surface area (Å²) in [6, 6.07) is 0. The van der Waals surface area contributed by atoms with Gasteiger partial charge in [-0.2, -0.15) is 0 Å². The zero-order valence-corrected chi connectivity index (χ0v) is 7.91. The first-order valence-corrected chi connectivity index (χ1v) is 4.30. The zero-order valence-electron chi connectivity index (χ0n) is 7.91. The molecule has 0 N–H and O–H groups in total. The van der Waals surface area contributed by atoms with Gasteiger partial charge in [-0.25, -0.2) is 0 Å². The van der Waals surface area contributed by atoms with Gasteiger partial charge < -0.3 is 14.2 Å². The predicted octanol–water partition coefficient (Wildman–Crippen LogP) is 1.94. The van der Waals surface area contributed by atoms with E-state index in [2.05, 4.69) is 6.58 Å². The first kappa shape index (κ1) is 11.6. The average molecular weight is 174 g/mol. The minimum Gasteiger partial charge on any atom is -0.330 e. The van der Waals surface area contributed by atoms with Crippen LogP contribution in [0.2, 0.25) is 0 Å². The van der Waals surface area contributed by atoms with Gasteiger partial charge in [0.25, 0.3) is 6.48 Å². The Morgan fingerprint density at radius 2 is 1.75 bits per heavy atom. The average Bonchev–Trinajstić information content (AvgIpc) is 2.06. The molecular formula is C9H18O3. The molecule has 3 heteroatoms. The van der Waals surface area contributed by atoms with E-state index in [1.54, 1.807) is 6.08 Å². The molecule has 0 aromatic rings. The van der Waals surface area contributed by atoms with Crippen LogP contribution < -0.4 is 0 Å². The van der Waals surface area contributed by atoms with E-state index in [9.17, 15) is 0 Å². The Morgan fingerprint density at radius 1 is 1.17 bits per heavy atom. The Balaban J connectivity index is 3.40. The van der Waals surface area contributed by atoms with Crippen LogP contribution in [0.1, 0.15) is 20.3 Å². The molecule has 0 unspecified atom stereocenters. The van der Waals surface area contributed by atoms with Crippen molar-refractivity contribution < 1.29 is 14.2 Å². The lowest BCUT2D eigenvalue weighted by Gasteiger charge is -2.16. The Morgan fingerprint density at radius 3 is 2.17 bits per heavy atom. The van der Waals surface area contributed by atoms with Gasteiger partial charge in [0.05, 0.1) is 6.61 Å². The quantitative estimate of drug-likeness (QED) is 0.320. The second-order valence-corrected chi connectivity index (χ2v) is 2.15. The molecule has 0 aliphatic rings. The molecule has 0 aromatic carbocycles. The highest BCUT2D eigenvalue weighted by atomic mass is 16.8. The lowest BCUT2D eigenvalue weighted by atomic mass is 10.5. The van der Waals surface area contributed by atoms with Gasteiger partial charge in [-0.15, -0.1) is 6.58 Å². The van der Waals surface area contributed by atoms with E-state index in [4.69, 9.17) is 14.2 Å². The summed E-state index contributed by atoms with van der Waals surface area (Å²) in [5.74, 6) is 0. The van der Waals surface area contributed by atoms with Crippen LogP contribution >= 0.6 is 0 Å². The summed E-state index contributed by atoms with van der Waals surface area (Å²) in [7, 11) is 0. The maximum Gasteiger partial charge on any atom is 0.271 e. The normalized spacial score (nSPS) is 10.6. The molecule has 3 nitrogen and oxygen atoms in total. The lowest BCUT2D eigenvalue weighted by molar-refractivity contribution is -0.284. The summed E-state index contributed by atoms with van der Waals surface area (Å²) in [6.07, 6.45) is 2.62. The molecule has 0 heterocycles. The largest absolute Gasteiger partial charge is 0.330 e. The SMILES string of the molecule is C=CCCOC(OCC)OCC. The fourth-order valence-corrected chi connectivity index (χ4v) is 0.664. The van der Waals surface area contributed by atoms with Crippen molar-refractivity contribution in [2.24, 2.45) is 0 Å². The van der Waals surface area contributed by atoms with Gasteiger partial charge >= 0.3 is 0 Å². The lowest BCUT2D eigenvalue weighted by Crippen LogP contribution is -2.21. The van der Waals surface area contributed by atoms with Crippen LogP contribution in [0.5, 0.6) is 0 Å². The van der Waals surface area contributed by atoms with Crippen molar-refractivity contribution in [2.45, 2.75) is 26.7 Å². The minimum atomic E-state index is -0.514. The molecule has 0 fully saturated rings. The number of ether oxygens (including phenoxy) is 3. The second kappa shape index (κ2) is 8.71. The molecule has 12 heavy (non-hydrogen) atoms. The Labute approximate surface area is 74.3 Å². The molecule has 0 saturated heterocycles. The zero-order chi connectivity index (χ0) is 9.23. The van der Waals surface area contributed by atoms with Crippen molar-refractivity contribution in [3.05, 3.63) is 12.7 Å². The molecule has 0 aliphatic carbocycles. The minimum absolute atomic E-state index is 0.514. The highest BCUT2D eigenvalue weighted by Gasteiger charge is 2.05. The molecule has 0 radical (unpaired) electrons. The van der Waals surface area contributed by atoms with Crippen molar-refractivity contribution in [1.82, 2.24) is 0 Å². The van der Waals surface area contributed by atoms with Gasteiger partial charge in [0.1, 0.15) is 0 Å². The Kier molecular flexibility index (Phi) is 8.44. The summed E-state index contributed by atoms with van der Waals surface area (Å²) in [6.45, 7) is 8.67. The van der Waals surface area contributed by atoms with Crippen LogP contribution in [0.3, 0.4) is 0 Å². The standard InChI is InChI=1S/C9H18O3/c1-4-7-8-12-9(10-5-2)11-6-3/h4,9H,1,5-8H2,2-3H3. The van der Waals surface area contributed by atoms with Crippen molar-refractivity contribution >= 4 is 0 Å². The first-order chi connectivity index (χ1) is 5.85. The van der Waals surface area contributed by atoms with Crippen molar-refractivity contribution in [2.75, 3.05) is 19.8 Å². The van der Waals surface area contributed by atoms with Gasteiger partial charge in [0.15, 0.2) is 0 Å². The monoisotopic (exact) mass is 174 g/mol. The summed E-state index contributed by atoms with van der Waals surface area (Å²) < 4.78 is 15.5. The number of hydrogen-bond donors (Lipinski definition) is 0. The molecule has 0 atom stereocenters. The predicted molar refractivity (Wildman–Crippen MR) is 47.8 cm³/mol. The van der Waals surface area contributed by atoms with E-state index in [0.29, 0.717) is 19.8 Å². The Hall–Kier alpha value is -0.380. The Bertz CT molecular complexity index is 97.9. The molecule has 0 saturated carbocycles. The topological polar surface area (TPSA) is 27.7 Å². The van der Waals surface area contributed by atoms with Gasteiger partial charge in [0.2, 0.25) is 0 Å². The van der Waals surface area contributed by atoms with E-state index in [1.807, 2.05) is 13.8 Å². The van der Waals surface area contributed by atoms with Crippen LogP contribution in [0.4, 0.5) is 0 Å². The second-order valence-electron chi connectivity index (χ2n) is 2.15. The van der Waals surface area contributed by atoms with Crippen LogP contribution in [-0.4, -0.2) is 26.3 Å².